The second-order valence-corrected chi connectivity index (χ2v) is 9.87. The molecule has 0 saturated heterocycles. The Morgan fingerprint density at radius 2 is 1.94 bits per heavy atom. The number of benzene rings is 1. The molecule has 3 aromatic heterocycles. The van der Waals surface area contributed by atoms with Crippen LogP contribution in [0, 0.1) is 6.92 Å². The van der Waals surface area contributed by atoms with Gasteiger partial charge >= 0.3 is 0 Å². The first-order valence-electron chi connectivity index (χ1n) is 10.6. The van der Waals surface area contributed by atoms with Gasteiger partial charge in [0, 0.05) is 15.8 Å². The van der Waals surface area contributed by atoms with Gasteiger partial charge in [-0.2, -0.15) is 0 Å². The summed E-state index contributed by atoms with van der Waals surface area (Å²) < 4.78 is 6.90. The molecule has 0 bridgehead atoms. The van der Waals surface area contributed by atoms with Gasteiger partial charge < -0.3 is 4.74 Å². The molecule has 34 heavy (non-hydrogen) atoms. The molecule has 0 radical (unpaired) electrons. The Morgan fingerprint density at radius 3 is 2.68 bits per heavy atom. The van der Waals surface area contributed by atoms with E-state index in [0.29, 0.717) is 16.0 Å². The van der Waals surface area contributed by atoms with Crippen molar-refractivity contribution in [2.45, 2.75) is 33.2 Å². The van der Waals surface area contributed by atoms with Gasteiger partial charge in [0.25, 0.3) is 17.4 Å². The molecule has 2 amide bonds. The standard InChI is InChI=1S/C24H24N4O4S2/c1-14(2)16-7-6-15(3)9-18(16)32-11-21(30)27-26-20(29)10-28-13-25-23-22(24(28)31)17(12-34-23)19-5-4-8-33-19/h4-9,12-14H,10-11H2,1-3H3,(H,26,29)(H,27,30). The lowest BCUT2D eigenvalue weighted by molar-refractivity contribution is -0.130. The molecule has 0 atom stereocenters. The molecule has 4 rings (SSSR count). The monoisotopic (exact) mass is 496 g/mol. The Bertz CT molecular complexity index is 1390. The van der Waals surface area contributed by atoms with Crippen molar-refractivity contribution in [3.63, 3.8) is 0 Å². The van der Waals surface area contributed by atoms with Crippen molar-refractivity contribution in [2.24, 2.45) is 0 Å². The summed E-state index contributed by atoms with van der Waals surface area (Å²) in [7, 11) is 0. The maximum absolute atomic E-state index is 13.0. The minimum atomic E-state index is -0.553. The van der Waals surface area contributed by atoms with Crippen LogP contribution in [0.3, 0.4) is 0 Å². The van der Waals surface area contributed by atoms with Crippen LogP contribution in [0.25, 0.3) is 20.7 Å². The third kappa shape index (κ3) is 5.18. The highest BCUT2D eigenvalue weighted by Gasteiger charge is 2.16. The van der Waals surface area contributed by atoms with E-state index in [0.717, 1.165) is 21.6 Å². The lowest BCUT2D eigenvalue weighted by Gasteiger charge is -2.15. The number of fused-ring (bicyclic) bond motifs is 1. The molecule has 0 unspecified atom stereocenters. The van der Waals surface area contributed by atoms with Crippen LogP contribution in [0.1, 0.15) is 30.9 Å². The van der Waals surface area contributed by atoms with Crippen LogP contribution in [-0.4, -0.2) is 28.0 Å². The minimum absolute atomic E-state index is 0.242. The van der Waals surface area contributed by atoms with E-state index < -0.39 is 11.8 Å². The minimum Gasteiger partial charge on any atom is -0.483 e. The van der Waals surface area contributed by atoms with Crippen molar-refractivity contribution in [1.29, 1.82) is 0 Å². The number of rotatable bonds is 7. The molecule has 0 aliphatic carbocycles. The third-order valence-electron chi connectivity index (χ3n) is 5.15. The van der Waals surface area contributed by atoms with Crippen molar-refractivity contribution < 1.29 is 14.3 Å². The fourth-order valence-electron chi connectivity index (χ4n) is 3.45. The number of ether oxygens (including phenoxy) is 1. The highest BCUT2D eigenvalue weighted by atomic mass is 32.1. The van der Waals surface area contributed by atoms with E-state index in [1.807, 2.05) is 61.9 Å². The average Bonchev–Trinajstić information content (AvgIpc) is 3.48. The van der Waals surface area contributed by atoms with E-state index >= 15 is 0 Å². The van der Waals surface area contributed by atoms with Crippen LogP contribution in [0.15, 0.2) is 52.2 Å². The Balaban J connectivity index is 1.37. The zero-order valence-corrected chi connectivity index (χ0v) is 20.6. The van der Waals surface area contributed by atoms with Crippen molar-refractivity contribution in [3.8, 4) is 16.2 Å². The predicted molar refractivity (Wildman–Crippen MR) is 134 cm³/mol. The lowest BCUT2D eigenvalue weighted by atomic mass is 10.0. The molecular weight excluding hydrogens is 472 g/mol. The molecule has 3 heterocycles. The SMILES string of the molecule is Cc1ccc(C(C)C)c(OCC(=O)NNC(=O)Cn2cnc3scc(-c4cccs4)c3c2=O)c1. The summed E-state index contributed by atoms with van der Waals surface area (Å²) >= 11 is 2.92. The van der Waals surface area contributed by atoms with E-state index in [-0.39, 0.29) is 24.6 Å². The molecule has 176 valence electrons. The number of nitrogens with one attached hydrogen (secondary N) is 2. The summed E-state index contributed by atoms with van der Waals surface area (Å²) in [5, 5.41) is 4.32. The quantitative estimate of drug-likeness (QED) is 0.379. The van der Waals surface area contributed by atoms with Gasteiger partial charge in [-0.1, -0.05) is 32.0 Å². The molecule has 0 saturated carbocycles. The highest BCUT2D eigenvalue weighted by molar-refractivity contribution is 7.18. The van der Waals surface area contributed by atoms with Gasteiger partial charge in [-0.3, -0.25) is 29.8 Å². The number of carbonyl (C=O) groups excluding carboxylic acids is 2. The van der Waals surface area contributed by atoms with E-state index in [2.05, 4.69) is 15.8 Å². The van der Waals surface area contributed by atoms with Gasteiger partial charge in [0.1, 0.15) is 17.1 Å². The van der Waals surface area contributed by atoms with Crippen LogP contribution in [0.5, 0.6) is 5.75 Å². The first-order valence-corrected chi connectivity index (χ1v) is 12.4. The second-order valence-electron chi connectivity index (χ2n) is 8.07. The molecule has 0 spiro atoms. The fraction of sp³-hybridized carbons (Fsp3) is 0.250. The van der Waals surface area contributed by atoms with Crippen LogP contribution >= 0.6 is 22.7 Å². The van der Waals surface area contributed by atoms with E-state index in [9.17, 15) is 14.4 Å². The van der Waals surface area contributed by atoms with Crippen LogP contribution < -0.4 is 21.1 Å². The predicted octanol–water partition coefficient (Wildman–Crippen LogP) is 3.84. The Hall–Kier alpha value is -3.50. The number of carbonyl (C=O) groups is 2. The van der Waals surface area contributed by atoms with Crippen molar-refractivity contribution in [3.05, 3.63) is 68.9 Å². The number of nitrogens with zero attached hydrogens (tertiary/aromatic N) is 2. The topological polar surface area (TPSA) is 102 Å². The second kappa shape index (κ2) is 10.2. The van der Waals surface area contributed by atoms with Gasteiger partial charge in [0.05, 0.1) is 11.7 Å². The van der Waals surface area contributed by atoms with E-state index in [4.69, 9.17) is 4.74 Å². The molecular formula is C24H24N4O4S2. The van der Waals surface area contributed by atoms with Gasteiger partial charge in [-0.25, -0.2) is 4.98 Å². The number of thiophene rings is 2. The zero-order chi connectivity index (χ0) is 24.2. The summed E-state index contributed by atoms with van der Waals surface area (Å²) in [6.45, 7) is 5.51. The van der Waals surface area contributed by atoms with E-state index in [1.165, 1.54) is 33.6 Å². The molecule has 10 heteroatoms. The number of hydrogen-bond acceptors (Lipinski definition) is 7. The van der Waals surface area contributed by atoms with Crippen molar-refractivity contribution in [2.75, 3.05) is 6.61 Å². The summed E-state index contributed by atoms with van der Waals surface area (Å²) in [5.74, 6) is -0.183. The molecule has 1 aromatic carbocycles. The average molecular weight is 497 g/mol. The normalized spacial score (nSPS) is 11.1. The number of hydrogen-bond donors (Lipinski definition) is 2. The number of aromatic nitrogens is 2. The summed E-state index contributed by atoms with van der Waals surface area (Å²) in [6, 6.07) is 9.71. The largest absolute Gasteiger partial charge is 0.483 e. The maximum Gasteiger partial charge on any atom is 0.276 e. The fourth-order valence-corrected chi connectivity index (χ4v) is 5.17. The smallest absolute Gasteiger partial charge is 0.276 e. The zero-order valence-electron chi connectivity index (χ0n) is 19.0. The molecule has 0 aliphatic heterocycles. The van der Waals surface area contributed by atoms with Gasteiger partial charge in [-0.05, 0) is 41.5 Å². The van der Waals surface area contributed by atoms with Crippen molar-refractivity contribution in [1.82, 2.24) is 20.4 Å². The summed E-state index contributed by atoms with van der Waals surface area (Å²) in [5.41, 5.74) is 7.18. The summed E-state index contributed by atoms with van der Waals surface area (Å²) in [6.07, 6.45) is 1.34. The Morgan fingerprint density at radius 1 is 1.15 bits per heavy atom. The third-order valence-corrected chi connectivity index (χ3v) is 6.94. The van der Waals surface area contributed by atoms with Gasteiger partial charge in [-0.15, -0.1) is 22.7 Å². The first kappa shape index (κ1) is 23.7. The first-order chi connectivity index (χ1) is 16.3. The highest BCUT2D eigenvalue weighted by Crippen LogP contribution is 2.33. The molecule has 0 aliphatic rings. The Kier molecular flexibility index (Phi) is 7.09. The Labute approximate surface area is 204 Å². The van der Waals surface area contributed by atoms with Crippen LogP contribution in [-0.2, 0) is 16.1 Å². The van der Waals surface area contributed by atoms with E-state index in [1.54, 1.807) is 0 Å². The number of amides is 2. The number of aryl methyl sites for hydroxylation is 1. The van der Waals surface area contributed by atoms with Crippen molar-refractivity contribution >= 4 is 44.7 Å². The summed E-state index contributed by atoms with van der Waals surface area (Å²) in [4.78, 5) is 43.5. The van der Waals surface area contributed by atoms with Crippen LogP contribution in [0.2, 0.25) is 0 Å². The van der Waals surface area contributed by atoms with Crippen LogP contribution in [0.4, 0.5) is 0 Å². The van der Waals surface area contributed by atoms with Gasteiger partial charge in [0.15, 0.2) is 6.61 Å². The molecule has 0 fully saturated rings. The van der Waals surface area contributed by atoms with Gasteiger partial charge in [0.2, 0.25) is 0 Å². The maximum atomic E-state index is 13.0. The molecule has 8 nitrogen and oxygen atoms in total. The molecule has 2 N–H and O–H groups in total. The lowest BCUT2D eigenvalue weighted by Crippen LogP contribution is -2.46. The molecule has 4 aromatic rings. The number of hydrazine groups is 1.